The maximum Gasteiger partial charge on any atom is 0.451 e. The molecular weight excluding hydrogens is 363 g/mol. The summed E-state index contributed by atoms with van der Waals surface area (Å²) in [6.07, 6.45) is 2.20. The number of hydrogen-bond acceptors (Lipinski definition) is 7. The first-order valence-corrected chi connectivity index (χ1v) is 9.62. The van der Waals surface area contributed by atoms with Crippen molar-refractivity contribution in [1.29, 1.82) is 0 Å². The first kappa shape index (κ1) is 20.7. The first-order chi connectivity index (χ1) is 12.1. The number of nitrogens with two attached hydrogens (primary N) is 1. The van der Waals surface area contributed by atoms with E-state index in [1.54, 1.807) is 24.4 Å². The van der Waals surface area contributed by atoms with Gasteiger partial charge in [0.15, 0.2) is 0 Å². The van der Waals surface area contributed by atoms with Crippen LogP contribution in [0.4, 0.5) is 0 Å². The zero-order valence-corrected chi connectivity index (χ0v) is 15.0. The molecule has 0 aromatic carbocycles. The number of aliphatic carboxylic acids is 1. The molecule has 0 bridgehead atoms. The molecule has 1 fully saturated rings. The number of hydrogen-bond donors (Lipinski definition) is 5. The van der Waals surface area contributed by atoms with Crippen molar-refractivity contribution in [2.75, 3.05) is 13.1 Å². The van der Waals surface area contributed by atoms with E-state index in [9.17, 15) is 18.3 Å². The first-order valence-electron chi connectivity index (χ1n) is 8.18. The fourth-order valence-electron chi connectivity index (χ4n) is 2.97. The van der Waals surface area contributed by atoms with E-state index in [0.717, 1.165) is 4.31 Å². The highest BCUT2D eigenvalue weighted by Gasteiger charge is 2.52. The van der Waals surface area contributed by atoms with Gasteiger partial charge in [0.1, 0.15) is 5.54 Å². The van der Waals surface area contributed by atoms with Gasteiger partial charge in [-0.1, -0.05) is 12.5 Å². The highest BCUT2D eigenvalue weighted by atomic mass is 32.2. The van der Waals surface area contributed by atoms with Crippen LogP contribution in [0.25, 0.3) is 0 Å². The third-order valence-electron chi connectivity index (χ3n) is 4.51. The predicted molar refractivity (Wildman–Crippen MR) is 93.8 cm³/mol. The normalized spacial score (nSPS) is 23.9. The Morgan fingerprint density at radius 3 is 2.77 bits per heavy atom. The number of nitrogens with zero attached hydrogens (tertiary/aromatic N) is 2. The zero-order chi connectivity index (χ0) is 19.4. The van der Waals surface area contributed by atoms with Crippen LogP contribution in [0.2, 0.25) is 6.32 Å². The largest absolute Gasteiger partial charge is 0.480 e. The maximum absolute atomic E-state index is 12.5. The Balaban J connectivity index is 2.05. The number of nitrogens with one attached hydrogen (secondary N) is 1. The number of aromatic nitrogens is 1. The molecule has 6 N–H and O–H groups in total. The van der Waals surface area contributed by atoms with E-state index in [-0.39, 0.29) is 32.4 Å². The second-order valence-corrected chi connectivity index (χ2v) is 8.15. The minimum absolute atomic E-state index is 0.0221. The summed E-state index contributed by atoms with van der Waals surface area (Å²) in [5.74, 6) is -1.92. The second-order valence-electron chi connectivity index (χ2n) is 6.39. The molecule has 26 heavy (non-hydrogen) atoms. The number of rotatable bonds is 9. The van der Waals surface area contributed by atoms with Crippen molar-refractivity contribution in [3.8, 4) is 0 Å². The SMILES string of the molecule is N[C@@]1(C(=O)O)CN(S(=O)(=O)NCc2ccccn2)C[C@@H]1CCCB(O)O. The molecule has 1 aliphatic rings. The summed E-state index contributed by atoms with van der Waals surface area (Å²) in [6, 6.07) is 5.11. The van der Waals surface area contributed by atoms with E-state index >= 15 is 0 Å². The Hall–Kier alpha value is -1.57. The van der Waals surface area contributed by atoms with Crippen LogP contribution in [0, 0.1) is 5.92 Å². The number of pyridine rings is 1. The van der Waals surface area contributed by atoms with Crippen molar-refractivity contribution in [2.45, 2.75) is 31.2 Å². The molecule has 0 saturated carbocycles. The minimum Gasteiger partial charge on any atom is -0.480 e. The molecule has 1 saturated heterocycles. The van der Waals surface area contributed by atoms with Gasteiger partial charge in [0.25, 0.3) is 10.2 Å². The zero-order valence-electron chi connectivity index (χ0n) is 14.2. The fraction of sp³-hybridized carbons (Fsp3) is 0.571. The molecular formula is C14H23BN4O6S. The summed E-state index contributed by atoms with van der Waals surface area (Å²) in [5.41, 5.74) is 4.79. The van der Waals surface area contributed by atoms with Gasteiger partial charge in [0.05, 0.1) is 12.2 Å². The molecule has 2 atom stereocenters. The highest BCUT2D eigenvalue weighted by molar-refractivity contribution is 7.87. The van der Waals surface area contributed by atoms with E-state index in [1.807, 2.05) is 0 Å². The van der Waals surface area contributed by atoms with Crippen LogP contribution in [0.3, 0.4) is 0 Å². The van der Waals surface area contributed by atoms with Gasteiger partial charge in [-0.15, -0.1) is 0 Å². The van der Waals surface area contributed by atoms with Crippen molar-refractivity contribution in [1.82, 2.24) is 14.0 Å². The molecule has 10 nitrogen and oxygen atoms in total. The molecule has 2 heterocycles. The third-order valence-corrected chi connectivity index (χ3v) is 5.97. The van der Waals surface area contributed by atoms with Crippen molar-refractivity contribution in [2.24, 2.45) is 11.7 Å². The summed E-state index contributed by atoms with van der Waals surface area (Å²) in [7, 11) is -5.43. The smallest absolute Gasteiger partial charge is 0.451 e. The van der Waals surface area contributed by atoms with E-state index in [4.69, 9.17) is 15.8 Å². The number of carboxylic acids is 1. The van der Waals surface area contributed by atoms with Gasteiger partial charge in [-0.05, 0) is 24.9 Å². The van der Waals surface area contributed by atoms with Gasteiger partial charge in [-0.3, -0.25) is 9.78 Å². The molecule has 0 unspecified atom stereocenters. The van der Waals surface area contributed by atoms with Crippen molar-refractivity contribution in [3.63, 3.8) is 0 Å². The Kier molecular flexibility index (Phi) is 6.72. The van der Waals surface area contributed by atoms with Crippen molar-refractivity contribution < 1.29 is 28.4 Å². The van der Waals surface area contributed by atoms with Crippen LogP contribution in [0.1, 0.15) is 18.5 Å². The maximum atomic E-state index is 12.5. The lowest BCUT2D eigenvalue weighted by atomic mass is 9.78. The summed E-state index contributed by atoms with van der Waals surface area (Å²) in [5, 5.41) is 27.3. The van der Waals surface area contributed by atoms with Crippen LogP contribution in [0.5, 0.6) is 0 Å². The Morgan fingerprint density at radius 2 is 2.19 bits per heavy atom. The molecule has 0 amide bonds. The summed E-state index contributed by atoms with van der Waals surface area (Å²) in [4.78, 5) is 15.6. The molecule has 0 spiro atoms. The minimum atomic E-state index is -3.94. The molecule has 0 aliphatic carbocycles. The van der Waals surface area contributed by atoms with Crippen molar-refractivity contribution >= 4 is 23.3 Å². The standard InChI is InChI=1S/C14H23BN4O6S/c16-14(13(20)21)10-19(9-11(14)4-3-6-15(22)23)26(24,25)18-8-12-5-1-2-7-17-12/h1-2,5,7,11,18,22-23H,3-4,6,8-10,16H2,(H,20,21)/t11-,14-/m0/s1. The Morgan fingerprint density at radius 1 is 1.46 bits per heavy atom. The van der Waals surface area contributed by atoms with Crippen LogP contribution < -0.4 is 10.5 Å². The summed E-state index contributed by atoms with van der Waals surface area (Å²) in [6.45, 7) is -0.431. The topological polar surface area (TPSA) is 166 Å². The average molecular weight is 386 g/mol. The summed E-state index contributed by atoms with van der Waals surface area (Å²) < 4.78 is 28.4. The molecule has 2 rings (SSSR count). The Bertz CT molecular complexity index is 719. The molecule has 1 aliphatic heterocycles. The lowest BCUT2D eigenvalue weighted by molar-refractivity contribution is -0.144. The number of carbonyl (C=O) groups is 1. The molecule has 144 valence electrons. The fourth-order valence-corrected chi connectivity index (χ4v) is 4.25. The molecule has 12 heteroatoms. The quantitative estimate of drug-likeness (QED) is 0.316. The highest BCUT2D eigenvalue weighted by Crippen LogP contribution is 2.31. The van der Waals surface area contributed by atoms with Gasteiger partial charge in [-0.25, -0.2) is 0 Å². The van der Waals surface area contributed by atoms with Gasteiger partial charge in [0.2, 0.25) is 0 Å². The van der Waals surface area contributed by atoms with Gasteiger partial charge in [-0.2, -0.15) is 17.4 Å². The van der Waals surface area contributed by atoms with Crippen LogP contribution in [-0.2, 0) is 21.5 Å². The lowest BCUT2D eigenvalue weighted by Gasteiger charge is -2.25. The van der Waals surface area contributed by atoms with Crippen LogP contribution >= 0.6 is 0 Å². The second kappa shape index (κ2) is 8.42. The van der Waals surface area contributed by atoms with E-state index in [0.29, 0.717) is 12.1 Å². The monoisotopic (exact) mass is 386 g/mol. The van der Waals surface area contributed by atoms with Gasteiger partial charge < -0.3 is 20.9 Å². The third kappa shape index (κ3) is 4.99. The van der Waals surface area contributed by atoms with E-state index < -0.39 is 34.8 Å². The lowest BCUT2D eigenvalue weighted by Crippen LogP contribution is -2.55. The average Bonchev–Trinajstić information content (AvgIpc) is 2.93. The Labute approximate surface area is 152 Å². The van der Waals surface area contributed by atoms with Crippen LogP contribution in [0.15, 0.2) is 24.4 Å². The predicted octanol–water partition coefficient (Wildman–Crippen LogP) is -1.62. The number of carboxylic acid groups (broad SMARTS) is 1. The van der Waals surface area contributed by atoms with E-state index in [2.05, 4.69) is 9.71 Å². The van der Waals surface area contributed by atoms with Crippen LogP contribution in [-0.4, -0.2) is 64.6 Å². The van der Waals surface area contributed by atoms with Gasteiger partial charge in [0, 0.05) is 25.2 Å². The molecule has 1 aromatic heterocycles. The summed E-state index contributed by atoms with van der Waals surface area (Å²) >= 11 is 0. The van der Waals surface area contributed by atoms with Gasteiger partial charge >= 0.3 is 13.1 Å². The van der Waals surface area contributed by atoms with E-state index in [1.165, 1.54) is 0 Å². The molecule has 1 aromatic rings. The van der Waals surface area contributed by atoms with Crippen molar-refractivity contribution in [3.05, 3.63) is 30.1 Å². The molecule has 0 radical (unpaired) electrons.